The van der Waals surface area contributed by atoms with Crippen molar-refractivity contribution in [2.75, 3.05) is 84.3 Å². The van der Waals surface area contributed by atoms with Gasteiger partial charge in [-0.15, -0.1) is 0 Å². The Hall–Kier alpha value is -6.41. The molecule has 0 spiro atoms. The van der Waals surface area contributed by atoms with Gasteiger partial charge in [0.05, 0.1) is 11.0 Å². The van der Waals surface area contributed by atoms with Crippen LogP contribution in [0.25, 0.3) is 32.9 Å². The first-order valence-corrected chi connectivity index (χ1v) is 20.3. The number of nitrogens with zero attached hydrogens (tertiary/aromatic N) is 9. The predicted molar refractivity (Wildman–Crippen MR) is 231 cm³/mol. The van der Waals surface area contributed by atoms with Gasteiger partial charge < -0.3 is 30.5 Å². The molecule has 7 heterocycles. The van der Waals surface area contributed by atoms with E-state index in [-0.39, 0.29) is 6.03 Å². The second kappa shape index (κ2) is 14.8. The minimum absolute atomic E-state index is 0.166. The Morgan fingerprint density at radius 1 is 0.879 bits per heavy atom. The van der Waals surface area contributed by atoms with Gasteiger partial charge in [0.15, 0.2) is 5.82 Å². The van der Waals surface area contributed by atoms with E-state index in [2.05, 4.69) is 115 Å². The molecule has 6 aromatic rings. The third kappa shape index (κ3) is 6.76. The molecule has 4 aliphatic heterocycles. The number of urea groups is 1. The van der Waals surface area contributed by atoms with Crippen LogP contribution in [0.5, 0.6) is 5.88 Å². The van der Waals surface area contributed by atoms with Crippen molar-refractivity contribution >= 4 is 62.4 Å². The van der Waals surface area contributed by atoms with Crippen molar-refractivity contribution in [3.05, 3.63) is 90.9 Å². The number of anilines is 6. The maximum absolute atomic E-state index is 12.7. The summed E-state index contributed by atoms with van der Waals surface area (Å²) in [7, 11) is 1.95. The summed E-state index contributed by atoms with van der Waals surface area (Å²) in [6.07, 6.45) is 6.77. The van der Waals surface area contributed by atoms with E-state index in [1.807, 2.05) is 24.1 Å². The summed E-state index contributed by atoms with van der Waals surface area (Å²) in [6, 6.07) is 21.8. The van der Waals surface area contributed by atoms with Gasteiger partial charge in [-0.1, -0.05) is 18.7 Å². The summed E-state index contributed by atoms with van der Waals surface area (Å²) in [5.74, 6) is 1.93. The predicted octanol–water partition coefficient (Wildman–Crippen LogP) is 6.66. The number of benzene rings is 3. The highest BCUT2D eigenvalue weighted by atomic mass is 16.5. The minimum Gasteiger partial charge on any atom is -0.474 e. The van der Waals surface area contributed by atoms with E-state index in [0.717, 1.165) is 114 Å². The van der Waals surface area contributed by atoms with E-state index < -0.39 is 0 Å². The van der Waals surface area contributed by atoms with E-state index in [1.54, 1.807) is 4.90 Å². The number of nitrogens with one attached hydrogen (secondary N) is 3. The van der Waals surface area contributed by atoms with Crippen LogP contribution >= 0.6 is 0 Å². The lowest BCUT2D eigenvalue weighted by molar-refractivity contribution is 0.160. The lowest BCUT2D eigenvalue weighted by Gasteiger charge is -2.43. The molecule has 4 aliphatic rings. The molecule has 0 unspecified atom stereocenters. The number of amides is 2. The highest BCUT2D eigenvalue weighted by molar-refractivity contribution is 6.02. The van der Waals surface area contributed by atoms with Crippen LogP contribution in [0.15, 0.2) is 85.3 Å². The van der Waals surface area contributed by atoms with E-state index >= 15 is 0 Å². The van der Waals surface area contributed by atoms with Gasteiger partial charge in [-0.3, -0.25) is 14.5 Å². The van der Waals surface area contributed by atoms with Crippen molar-refractivity contribution < 1.29 is 9.53 Å². The maximum atomic E-state index is 12.7. The van der Waals surface area contributed by atoms with Gasteiger partial charge in [0.1, 0.15) is 12.3 Å². The first-order valence-electron chi connectivity index (χ1n) is 20.3. The van der Waals surface area contributed by atoms with E-state index in [0.29, 0.717) is 43.3 Å². The lowest BCUT2D eigenvalue weighted by Crippen LogP contribution is -2.53. The second-order valence-corrected chi connectivity index (χ2v) is 15.7. The summed E-state index contributed by atoms with van der Waals surface area (Å²) >= 11 is 0. The van der Waals surface area contributed by atoms with E-state index in [4.69, 9.17) is 14.8 Å². The summed E-state index contributed by atoms with van der Waals surface area (Å²) in [4.78, 5) is 36.1. The SMILES string of the molecule is C=C1CCN(c2nn(C)c3cc(N4CCN(C5CCN(c6ccc(Nc7ncc8ccc(-c9cnc%10c(c9C)NCCO%10)cc8n7)cc6)CC5)CC4)ccc23)C(=O)N1. The van der Waals surface area contributed by atoms with Crippen LogP contribution in [-0.4, -0.2) is 101 Å². The molecule has 3 aromatic heterocycles. The molecule has 0 aliphatic carbocycles. The average molecular weight is 777 g/mol. The van der Waals surface area contributed by atoms with Crippen molar-refractivity contribution in [3.8, 4) is 17.0 Å². The molecule has 0 radical (unpaired) electrons. The van der Waals surface area contributed by atoms with Crippen LogP contribution in [0.2, 0.25) is 0 Å². The molecular weight excluding hydrogens is 729 g/mol. The van der Waals surface area contributed by atoms with Crippen LogP contribution in [0.1, 0.15) is 24.8 Å². The highest BCUT2D eigenvalue weighted by Gasteiger charge is 2.29. The number of piperazine rings is 1. The smallest absolute Gasteiger partial charge is 0.327 e. The zero-order valence-corrected chi connectivity index (χ0v) is 33.0. The number of aryl methyl sites for hydroxylation is 1. The topological polar surface area (TPSA) is 132 Å². The van der Waals surface area contributed by atoms with Gasteiger partial charge in [0, 0.05) is 123 Å². The molecule has 3 N–H and O–H groups in total. The zero-order chi connectivity index (χ0) is 39.3. The van der Waals surface area contributed by atoms with Gasteiger partial charge in [0.25, 0.3) is 0 Å². The largest absolute Gasteiger partial charge is 0.474 e. The molecule has 296 valence electrons. The van der Waals surface area contributed by atoms with Crippen molar-refractivity contribution in [1.29, 1.82) is 0 Å². The first kappa shape index (κ1) is 36.0. The number of ether oxygens (including phenoxy) is 1. The molecular formula is C44H48N12O2. The van der Waals surface area contributed by atoms with Gasteiger partial charge in [-0.25, -0.2) is 19.7 Å². The van der Waals surface area contributed by atoms with Gasteiger partial charge >= 0.3 is 6.03 Å². The Morgan fingerprint density at radius 2 is 1.67 bits per heavy atom. The van der Waals surface area contributed by atoms with Gasteiger partial charge in [-0.05, 0) is 79.4 Å². The Morgan fingerprint density at radius 3 is 2.48 bits per heavy atom. The number of carbonyl (C=O) groups is 1. The molecule has 2 amide bonds. The monoisotopic (exact) mass is 776 g/mol. The Labute approximate surface area is 337 Å². The first-order chi connectivity index (χ1) is 28.3. The van der Waals surface area contributed by atoms with Crippen LogP contribution in [0.4, 0.5) is 39.3 Å². The Bertz CT molecular complexity index is 2540. The summed E-state index contributed by atoms with van der Waals surface area (Å²) in [5.41, 5.74) is 10.2. The standard InChI is InChI=1S/C44H48N12O2/c1-28-12-18-56(44(57)48-28)41-36-11-10-35(25-39(36)52(3)51-41)55-21-19-54(20-22-55)34-13-16-53(17-14-34)33-8-6-32(7-9-33)49-43-47-26-31-5-4-30(24-38(31)50-43)37-27-46-42-40(29(37)2)45-15-23-58-42/h4-11,24-27,34,45H,1,12-23H2,2-3H3,(H,48,57)(H,47,49,50). The minimum atomic E-state index is -0.166. The number of hydrogen-bond donors (Lipinski definition) is 3. The number of rotatable bonds is 7. The molecule has 10 rings (SSSR count). The number of fused-ring (bicyclic) bond motifs is 3. The summed E-state index contributed by atoms with van der Waals surface area (Å²) < 4.78 is 7.62. The zero-order valence-electron chi connectivity index (χ0n) is 33.0. The third-order valence-electron chi connectivity index (χ3n) is 12.2. The van der Waals surface area contributed by atoms with E-state index in [9.17, 15) is 4.79 Å². The van der Waals surface area contributed by atoms with Crippen molar-refractivity contribution in [2.24, 2.45) is 7.05 Å². The maximum Gasteiger partial charge on any atom is 0.327 e. The highest BCUT2D eigenvalue weighted by Crippen LogP contribution is 2.37. The molecule has 58 heavy (non-hydrogen) atoms. The summed E-state index contributed by atoms with van der Waals surface area (Å²) in [6.45, 7) is 14.1. The van der Waals surface area contributed by atoms with Crippen LogP contribution in [-0.2, 0) is 7.05 Å². The number of piperidine rings is 1. The molecule has 0 bridgehead atoms. The number of hydrogen-bond acceptors (Lipinski definition) is 11. The molecule has 0 atom stereocenters. The van der Waals surface area contributed by atoms with Crippen molar-refractivity contribution in [2.45, 2.75) is 32.2 Å². The third-order valence-corrected chi connectivity index (χ3v) is 12.2. The fourth-order valence-corrected chi connectivity index (χ4v) is 8.94. The normalized spacial score (nSPS) is 17.9. The quantitative estimate of drug-likeness (QED) is 0.161. The number of pyridine rings is 1. The lowest BCUT2D eigenvalue weighted by atomic mass is 10.00. The van der Waals surface area contributed by atoms with Gasteiger partial charge in [-0.2, -0.15) is 5.10 Å². The summed E-state index contributed by atoms with van der Waals surface area (Å²) in [5, 5.41) is 16.4. The average Bonchev–Trinajstić information content (AvgIpc) is 3.59. The molecule has 3 fully saturated rings. The van der Waals surface area contributed by atoms with Crippen molar-refractivity contribution in [3.63, 3.8) is 0 Å². The number of carbonyl (C=O) groups excluding carboxylic acids is 1. The van der Waals surface area contributed by atoms with Gasteiger partial charge in [0.2, 0.25) is 11.8 Å². The van der Waals surface area contributed by atoms with Crippen LogP contribution in [0, 0.1) is 6.92 Å². The molecule has 3 saturated heterocycles. The van der Waals surface area contributed by atoms with E-state index in [1.165, 1.54) is 11.4 Å². The molecule has 0 saturated carbocycles. The Balaban J connectivity index is 0.733. The van der Waals surface area contributed by atoms with Crippen molar-refractivity contribution in [1.82, 2.24) is 34.9 Å². The fourth-order valence-electron chi connectivity index (χ4n) is 8.94. The van der Waals surface area contributed by atoms with Crippen LogP contribution < -0.4 is 35.4 Å². The molecule has 14 nitrogen and oxygen atoms in total. The fraction of sp³-hybridized carbons (Fsp3) is 0.341. The van der Waals surface area contributed by atoms with Crippen LogP contribution in [0.3, 0.4) is 0 Å². The Kier molecular flexibility index (Phi) is 9.20. The molecule has 3 aromatic carbocycles. The second-order valence-electron chi connectivity index (χ2n) is 15.7. The number of aromatic nitrogens is 5. The molecule has 14 heteroatoms.